The van der Waals surface area contributed by atoms with Gasteiger partial charge in [-0.1, -0.05) is 18.2 Å². The van der Waals surface area contributed by atoms with Crippen LogP contribution in [0.2, 0.25) is 0 Å². The maximum atomic E-state index is 11.0. The Kier molecular flexibility index (Phi) is 6.83. The van der Waals surface area contributed by atoms with Crippen molar-refractivity contribution in [1.29, 1.82) is 0 Å². The van der Waals surface area contributed by atoms with E-state index >= 15 is 0 Å². The molecule has 1 atom stereocenters. The summed E-state index contributed by atoms with van der Waals surface area (Å²) in [5, 5.41) is 0. The molecule has 0 bridgehead atoms. The monoisotopic (exact) mass is 321 g/mol. The summed E-state index contributed by atoms with van der Waals surface area (Å²) in [6.07, 6.45) is 0.0901. The third-order valence-corrected chi connectivity index (χ3v) is 3.83. The second-order valence-electron chi connectivity index (χ2n) is 5.93. The molecule has 2 rings (SSSR count). The molecule has 128 valence electrons. The van der Waals surface area contributed by atoms with Crippen LogP contribution in [-0.2, 0) is 16.1 Å². The van der Waals surface area contributed by atoms with Gasteiger partial charge >= 0.3 is 0 Å². The van der Waals surface area contributed by atoms with Crippen LogP contribution in [0.15, 0.2) is 24.3 Å². The summed E-state index contributed by atoms with van der Waals surface area (Å²) >= 11 is 0. The van der Waals surface area contributed by atoms with E-state index in [0.717, 1.165) is 25.4 Å². The number of carbonyl (C=O) groups excluding carboxylic acids is 1. The molecule has 1 aliphatic heterocycles. The van der Waals surface area contributed by atoms with Crippen molar-refractivity contribution in [2.45, 2.75) is 19.6 Å². The van der Waals surface area contributed by atoms with E-state index in [1.165, 1.54) is 5.56 Å². The van der Waals surface area contributed by atoms with Crippen molar-refractivity contribution in [3.63, 3.8) is 0 Å². The molecular formula is C17H27N3O3. The zero-order valence-electron chi connectivity index (χ0n) is 14.0. The molecule has 0 aliphatic carbocycles. The molecule has 6 heteroatoms. The highest BCUT2D eigenvalue weighted by molar-refractivity contribution is 5.75. The normalized spacial score (nSPS) is 19.0. The van der Waals surface area contributed by atoms with Gasteiger partial charge in [0.05, 0.1) is 25.9 Å². The van der Waals surface area contributed by atoms with Crippen molar-refractivity contribution in [3.05, 3.63) is 29.8 Å². The number of ether oxygens (including phenoxy) is 2. The maximum Gasteiger partial charge on any atom is 0.231 e. The van der Waals surface area contributed by atoms with Crippen molar-refractivity contribution in [2.75, 3.05) is 46.4 Å². The molecule has 1 amide bonds. The van der Waals surface area contributed by atoms with Crippen molar-refractivity contribution < 1.29 is 14.3 Å². The molecule has 0 unspecified atom stereocenters. The van der Waals surface area contributed by atoms with Gasteiger partial charge in [0.1, 0.15) is 5.75 Å². The zero-order valence-corrected chi connectivity index (χ0v) is 14.0. The van der Waals surface area contributed by atoms with Gasteiger partial charge in [0.2, 0.25) is 5.91 Å². The second kappa shape index (κ2) is 8.86. The third kappa shape index (κ3) is 5.82. The number of hydrogen-bond donors (Lipinski definition) is 1. The zero-order chi connectivity index (χ0) is 16.7. The summed E-state index contributed by atoms with van der Waals surface area (Å²) in [6, 6.07) is 8.15. The Morgan fingerprint density at radius 3 is 3.00 bits per heavy atom. The molecule has 1 heterocycles. The van der Waals surface area contributed by atoms with Gasteiger partial charge in [0, 0.05) is 31.7 Å². The van der Waals surface area contributed by atoms with Gasteiger partial charge in [-0.3, -0.25) is 14.6 Å². The van der Waals surface area contributed by atoms with Gasteiger partial charge in [0.25, 0.3) is 0 Å². The number of amides is 1. The largest absolute Gasteiger partial charge is 0.494 e. The van der Waals surface area contributed by atoms with Crippen LogP contribution < -0.4 is 10.5 Å². The Hall–Kier alpha value is -1.63. The lowest BCUT2D eigenvalue weighted by Crippen LogP contribution is -2.47. The second-order valence-corrected chi connectivity index (χ2v) is 5.93. The molecule has 6 nitrogen and oxygen atoms in total. The Morgan fingerprint density at radius 1 is 1.48 bits per heavy atom. The van der Waals surface area contributed by atoms with Crippen molar-refractivity contribution in [2.24, 2.45) is 5.73 Å². The number of likely N-dealkylation sites (N-methyl/N-ethyl adjacent to an activating group) is 1. The molecule has 1 aromatic carbocycles. The lowest BCUT2D eigenvalue weighted by molar-refractivity contribution is -0.119. The van der Waals surface area contributed by atoms with Crippen molar-refractivity contribution in [1.82, 2.24) is 9.80 Å². The lowest BCUT2D eigenvalue weighted by atomic mass is 10.1. The number of hydrogen-bond acceptors (Lipinski definition) is 5. The Morgan fingerprint density at radius 2 is 2.26 bits per heavy atom. The SMILES string of the molecule is CCOc1ccccc1CN1CCO[C@H](CN(C)CC(N)=O)C1. The summed E-state index contributed by atoms with van der Waals surface area (Å²) in [7, 11) is 1.89. The van der Waals surface area contributed by atoms with Gasteiger partial charge in [-0.05, 0) is 20.0 Å². The smallest absolute Gasteiger partial charge is 0.231 e. The van der Waals surface area contributed by atoms with E-state index in [-0.39, 0.29) is 18.6 Å². The molecule has 1 aliphatic rings. The predicted molar refractivity (Wildman–Crippen MR) is 89.3 cm³/mol. The highest BCUT2D eigenvalue weighted by Gasteiger charge is 2.22. The topological polar surface area (TPSA) is 68.0 Å². The van der Waals surface area contributed by atoms with E-state index in [2.05, 4.69) is 11.0 Å². The molecule has 2 N–H and O–H groups in total. The van der Waals surface area contributed by atoms with E-state index in [0.29, 0.717) is 19.8 Å². The average Bonchev–Trinajstić information content (AvgIpc) is 2.49. The maximum absolute atomic E-state index is 11.0. The lowest BCUT2D eigenvalue weighted by Gasteiger charge is -2.34. The minimum Gasteiger partial charge on any atom is -0.494 e. The van der Waals surface area contributed by atoms with Crippen LogP contribution in [0.1, 0.15) is 12.5 Å². The molecule has 23 heavy (non-hydrogen) atoms. The predicted octanol–water partition coefficient (Wildman–Crippen LogP) is 0.703. The Balaban J connectivity index is 1.90. The quantitative estimate of drug-likeness (QED) is 0.763. The van der Waals surface area contributed by atoms with Crippen LogP contribution in [0.3, 0.4) is 0 Å². The van der Waals surface area contributed by atoms with E-state index in [9.17, 15) is 4.79 Å². The minimum absolute atomic E-state index is 0.0901. The number of nitrogens with two attached hydrogens (primary N) is 1. The van der Waals surface area contributed by atoms with Gasteiger partial charge in [0.15, 0.2) is 0 Å². The minimum atomic E-state index is -0.314. The standard InChI is InChI=1S/C17H27N3O3/c1-3-22-16-7-5-4-6-14(16)10-20-8-9-23-15(12-20)11-19(2)13-17(18)21/h4-7,15H,3,8-13H2,1-2H3,(H2,18,21)/t15-/m1/s1. The highest BCUT2D eigenvalue weighted by Crippen LogP contribution is 2.21. The van der Waals surface area contributed by atoms with E-state index in [4.69, 9.17) is 15.2 Å². The summed E-state index contributed by atoms with van der Waals surface area (Å²) in [6.45, 7) is 6.90. The van der Waals surface area contributed by atoms with Crippen molar-refractivity contribution in [3.8, 4) is 5.75 Å². The molecule has 0 aromatic heterocycles. The van der Waals surface area contributed by atoms with Crippen LogP contribution >= 0.6 is 0 Å². The Labute approximate surface area is 138 Å². The fourth-order valence-corrected chi connectivity index (χ4v) is 2.88. The fraction of sp³-hybridized carbons (Fsp3) is 0.588. The van der Waals surface area contributed by atoms with E-state index < -0.39 is 0 Å². The van der Waals surface area contributed by atoms with Crippen LogP contribution in [0.4, 0.5) is 0 Å². The third-order valence-electron chi connectivity index (χ3n) is 3.83. The first-order valence-electron chi connectivity index (χ1n) is 8.10. The van der Waals surface area contributed by atoms with Crippen LogP contribution in [0, 0.1) is 0 Å². The fourth-order valence-electron chi connectivity index (χ4n) is 2.88. The van der Waals surface area contributed by atoms with Crippen molar-refractivity contribution >= 4 is 5.91 Å². The molecule has 0 saturated carbocycles. The number of primary amides is 1. The molecule has 0 radical (unpaired) electrons. The first kappa shape index (κ1) is 17.7. The van der Waals surface area contributed by atoms with Gasteiger partial charge in [-0.2, -0.15) is 0 Å². The average molecular weight is 321 g/mol. The molecule has 1 fully saturated rings. The van der Waals surface area contributed by atoms with Gasteiger partial charge < -0.3 is 15.2 Å². The number of carbonyl (C=O) groups is 1. The molecule has 1 aromatic rings. The summed E-state index contributed by atoms with van der Waals surface area (Å²) in [4.78, 5) is 15.2. The van der Waals surface area contributed by atoms with Crippen LogP contribution in [-0.4, -0.2) is 68.3 Å². The number of morpholine rings is 1. The molecular weight excluding hydrogens is 294 g/mol. The van der Waals surface area contributed by atoms with E-state index in [1.807, 2.05) is 37.1 Å². The first-order valence-corrected chi connectivity index (χ1v) is 8.10. The number of rotatable bonds is 8. The van der Waals surface area contributed by atoms with Gasteiger partial charge in [-0.15, -0.1) is 0 Å². The number of benzene rings is 1. The van der Waals surface area contributed by atoms with E-state index in [1.54, 1.807) is 0 Å². The van der Waals surface area contributed by atoms with Crippen LogP contribution in [0.5, 0.6) is 5.75 Å². The summed E-state index contributed by atoms with van der Waals surface area (Å²) < 4.78 is 11.5. The number of para-hydroxylation sites is 1. The molecule has 0 spiro atoms. The summed E-state index contributed by atoms with van der Waals surface area (Å²) in [5.74, 6) is 0.634. The highest BCUT2D eigenvalue weighted by atomic mass is 16.5. The van der Waals surface area contributed by atoms with Gasteiger partial charge in [-0.25, -0.2) is 0 Å². The first-order chi connectivity index (χ1) is 11.1. The Bertz CT molecular complexity index is 510. The summed E-state index contributed by atoms with van der Waals surface area (Å²) in [5.41, 5.74) is 6.42. The molecule has 1 saturated heterocycles. The van der Waals surface area contributed by atoms with Crippen LogP contribution in [0.25, 0.3) is 0 Å². The number of nitrogens with zero attached hydrogens (tertiary/aromatic N) is 2.